The predicted molar refractivity (Wildman–Crippen MR) is 125 cm³/mol. The van der Waals surface area contributed by atoms with E-state index in [0.717, 1.165) is 16.8 Å². The molecule has 1 aromatic carbocycles. The molecule has 0 spiro atoms. The molecule has 0 bridgehead atoms. The number of carbonyl (C=O) groups excluding carboxylic acids is 1. The minimum absolute atomic E-state index is 0.107. The molecule has 1 amide bonds. The number of halogens is 2. The van der Waals surface area contributed by atoms with Gasteiger partial charge in [0.1, 0.15) is 10.6 Å². The van der Waals surface area contributed by atoms with Crippen molar-refractivity contribution >= 4 is 58.6 Å². The van der Waals surface area contributed by atoms with E-state index in [1.54, 1.807) is 39.2 Å². The molecule has 0 saturated heterocycles. The summed E-state index contributed by atoms with van der Waals surface area (Å²) in [6.07, 6.45) is 7.98. The van der Waals surface area contributed by atoms with E-state index in [4.69, 9.17) is 27.9 Å². The van der Waals surface area contributed by atoms with E-state index < -0.39 is 11.7 Å². The molecule has 160 valence electrons. The van der Waals surface area contributed by atoms with Crippen molar-refractivity contribution in [1.29, 1.82) is 0 Å². The number of amides is 1. The van der Waals surface area contributed by atoms with Gasteiger partial charge in [-0.1, -0.05) is 35.9 Å². The number of ether oxygens (including phenoxy) is 1. The van der Waals surface area contributed by atoms with Gasteiger partial charge < -0.3 is 10.1 Å². The third-order valence-electron chi connectivity index (χ3n) is 3.74. The van der Waals surface area contributed by atoms with Gasteiger partial charge in [-0.15, -0.1) is 0 Å². The van der Waals surface area contributed by atoms with E-state index in [1.807, 2.05) is 36.4 Å². The van der Waals surface area contributed by atoms with Crippen LogP contribution in [0.5, 0.6) is 0 Å². The topological polar surface area (TPSA) is 89.0 Å². The largest absolute Gasteiger partial charge is 0.444 e. The average Bonchev–Trinajstić information content (AvgIpc) is 2.68. The molecule has 0 aliphatic rings. The molecule has 0 fully saturated rings. The molecule has 3 aromatic rings. The summed E-state index contributed by atoms with van der Waals surface area (Å²) >= 11 is 11.9. The number of anilines is 3. The van der Waals surface area contributed by atoms with Gasteiger partial charge in [0.25, 0.3) is 0 Å². The Balaban J connectivity index is 1.70. The second-order valence-electron chi connectivity index (χ2n) is 7.55. The van der Waals surface area contributed by atoms with Gasteiger partial charge in [0, 0.05) is 11.9 Å². The van der Waals surface area contributed by atoms with Crippen LogP contribution in [0.4, 0.5) is 22.0 Å². The highest BCUT2D eigenvalue weighted by Gasteiger charge is 2.16. The molecule has 0 saturated carbocycles. The molecule has 2 N–H and O–H groups in total. The first-order chi connectivity index (χ1) is 14.7. The Morgan fingerprint density at radius 1 is 1.03 bits per heavy atom. The fraction of sp³-hybridized carbons (Fsp3) is 0.182. The van der Waals surface area contributed by atoms with E-state index in [2.05, 4.69) is 25.6 Å². The van der Waals surface area contributed by atoms with Crippen LogP contribution >= 0.6 is 23.2 Å². The van der Waals surface area contributed by atoms with Gasteiger partial charge in [0.05, 0.1) is 18.1 Å². The highest BCUT2D eigenvalue weighted by molar-refractivity contribution is 6.33. The highest BCUT2D eigenvalue weighted by atomic mass is 35.5. The third kappa shape index (κ3) is 7.24. The van der Waals surface area contributed by atoms with Crippen molar-refractivity contribution in [1.82, 2.24) is 15.0 Å². The average molecular weight is 458 g/mol. The van der Waals surface area contributed by atoms with Crippen molar-refractivity contribution in [2.24, 2.45) is 0 Å². The van der Waals surface area contributed by atoms with Crippen LogP contribution in [0.3, 0.4) is 0 Å². The number of rotatable bonds is 5. The Morgan fingerprint density at radius 3 is 2.55 bits per heavy atom. The molecule has 0 radical (unpaired) electrons. The first-order valence-corrected chi connectivity index (χ1v) is 10.1. The van der Waals surface area contributed by atoms with Crippen molar-refractivity contribution < 1.29 is 9.53 Å². The number of hydrogen-bond acceptors (Lipinski definition) is 6. The van der Waals surface area contributed by atoms with Crippen LogP contribution in [0, 0.1) is 0 Å². The van der Waals surface area contributed by atoms with Crippen LogP contribution in [0.2, 0.25) is 10.3 Å². The van der Waals surface area contributed by atoms with Gasteiger partial charge in [-0.2, -0.15) is 4.98 Å². The molecule has 3 rings (SSSR count). The summed E-state index contributed by atoms with van der Waals surface area (Å²) in [7, 11) is 0. The lowest BCUT2D eigenvalue weighted by molar-refractivity contribution is 0.0636. The summed E-state index contributed by atoms with van der Waals surface area (Å²) in [4.78, 5) is 24.0. The first kappa shape index (κ1) is 22.5. The molecule has 2 aromatic heterocycles. The number of aromatic nitrogens is 3. The van der Waals surface area contributed by atoms with E-state index in [0.29, 0.717) is 16.5 Å². The summed E-state index contributed by atoms with van der Waals surface area (Å²) in [5.41, 5.74) is 2.51. The van der Waals surface area contributed by atoms with Gasteiger partial charge in [0.2, 0.25) is 5.28 Å². The Labute approximate surface area is 190 Å². The van der Waals surface area contributed by atoms with Crippen LogP contribution in [-0.2, 0) is 4.74 Å². The number of nitrogens with one attached hydrogen (secondary N) is 2. The number of hydrogen-bond donors (Lipinski definition) is 2. The fourth-order valence-electron chi connectivity index (χ4n) is 2.52. The zero-order valence-corrected chi connectivity index (χ0v) is 18.7. The smallest absolute Gasteiger partial charge is 0.412 e. The summed E-state index contributed by atoms with van der Waals surface area (Å²) in [5, 5.41) is 6.28. The van der Waals surface area contributed by atoms with Crippen molar-refractivity contribution in [2.75, 3.05) is 10.6 Å². The molecule has 0 atom stereocenters. The van der Waals surface area contributed by atoms with Gasteiger partial charge in [0.15, 0.2) is 5.82 Å². The summed E-state index contributed by atoms with van der Waals surface area (Å²) in [5.74, 6) is 0.424. The van der Waals surface area contributed by atoms with Crippen LogP contribution in [0.1, 0.15) is 31.9 Å². The number of pyridine rings is 1. The van der Waals surface area contributed by atoms with E-state index in [1.165, 1.54) is 6.20 Å². The second kappa shape index (κ2) is 9.76. The number of carbonyl (C=O) groups is 1. The third-order valence-corrected chi connectivity index (χ3v) is 4.20. The maximum absolute atomic E-state index is 11.9. The molecule has 0 aliphatic heterocycles. The summed E-state index contributed by atoms with van der Waals surface area (Å²) in [6, 6.07) is 9.47. The standard InChI is InChI=1S/C22H21Cl2N5O2/c1-22(2,3)31-21(30)28-17-10-15(11-25-12-17)8-7-14-5-4-6-16(9-14)27-19-18(23)13-26-20(24)29-19/h4-13H,1-3H3,(H,28,30)(H,26,27,29)/b8-7-. The quantitative estimate of drug-likeness (QED) is 0.428. The Kier molecular flexibility index (Phi) is 7.09. The molecule has 9 heteroatoms. The SMILES string of the molecule is CC(C)(C)OC(=O)Nc1cncc(/C=C\c2cccc(Nc3nc(Cl)ncc3Cl)c2)c1. The van der Waals surface area contributed by atoms with Crippen molar-refractivity contribution in [3.63, 3.8) is 0 Å². The first-order valence-electron chi connectivity index (χ1n) is 9.36. The van der Waals surface area contributed by atoms with Crippen molar-refractivity contribution in [3.05, 3.63) is 70.4 Å². The lowest BCUT2D eigenvalue weighted by Crippen LogP contribution is -2.27. The molecule has 2 heterocycles. The van der Waals surface area contributed by atoms with Crippen LogP contribution in [-0.4, -0.2) is 26.6 Å². The zero-order valence-electron chi connectivity index (χ0n) is 17.2. The van der Waals surface area contributed by atoms with Crippen molar-refractivity contribution in [2.45, 2.75) is 26.4 Å². The predicted octanol–water partition coefficient (Wildman–Crippen LogP) is 6.44. The van der Waals surface area contributed by atoms with Gasteiger partial charge >= 0.3 is 6.09 Å². The molecule has 31 heavy (non-hydrogen) atoms. The minimum Gasteiger partial charge on any atom is -0.444 e. The van der Waals surface area contributed by atoms with Crippen LogP contribution < -0.4 is 10.6 Å². The monoisotopic (exact) mass is 457 g/mol. The number of nitrogens with zero attached hydrogens (tertiary/aromatic N) is 3. The lowest BCUT2D eigenvalue weighted by atomic mass is 10.1. The Bertz CT molecular complexity index is 1110. The van der Waals surface area contributed by atoms with E-state index in [-0.39, 0.29) is 5.28 Å². The fourth-order valence-corrected chi connectivity index (χ4v) is 2.79. The maximum atomic E-state index is 11.9. The molecule has 7 nitrogen and oxygen atoms in total. The summed E-state index contributed by atoms with van der Waals surface area (Å²) in [6.45, 7) is 5.42. The van der Waals surface area contributed by atoms with Crippen LogP contribution in [0.15, 0.2) is 48.9 Å². The zero-order chi connectivity index (χ0) is 22.4. The Morgan fingerprint density at radius 2 is 1.77 bits per heavy atom. The van der Waals surface area contributed by atoms with Gasteiger partial charge in [-0.05, 0) is 61.7 Å². The normalized spacial score (nSPS) is 11.4. The molecule has 0 aliphatic carbocycles. The second-order valence-corrected chi connectivity index (χ2v) is 8.30. The van der Waals surface area contributed by atoms with Gasteiger partial charge in [-0.25, -0.2) is 9.78 Å². The highest BCUT2D eigenvalue weighted by Crippen LogP contribution is 2.24. The maximum Gasteiger partial charge on any atom is 0.412 e. The molecule has 0 unspecified atom stereocenters. The summed E-state index contributed by atoms with van der Waals surface area (Å²) < 4.78 is 5.26. The Hall–Kier alpha value is -3.16. The molecular formula is C22H21Cl2N5O2. The van der Waals surface area contributed by atoms with E-state index >= 15 is 0 Å². The minimum atomic E-state index is -0.574. The molecular weight excluding hydrogens is 437 g/mol. The van der Waals surface area contributed by atoms with E-state index in [9.17, 15) is 4.79 Å². The number of benzene rings is 1. The van der Waals surface area contributed by atoms with Gasteiger partial charge in [-0.3, -0.25) is 10.3 Å². The van der Waals surface area contributed by atoms with Crippen molar-refractivity contribution in [3.8, 4) is 0 Å². The van der Waals surface area contributed by atoms with Crippen LogP contribution in [0.25, 0.3) is 12.2 Å². The lowest BCUT2D eigenvalue weighted by Gasteiger charge is -2.19.